The van der Waals surface area contributed by atoms with Crippen molar-refractivity contribution in [2.24, 2.45) is 7.05 Å². The van der Waals surface area contributed by atoms with Crippen LogP contribution in [0.4, 0.5) is 5.69 Å². The van der Waals surface area contributed by atoms with Crippen molar-refractivity contribution >= 4 is 34.7 Å². The highest BCUT2D eigenvalue weighted by molar-refractivity contribution is 7.99. The molecule has 0 fully saturated rings. The maximum Gasteiger partial charge on any atom is 0.265 e. The molecule has 0 spiro atoms. The molecule has 2 heterocycles. The molecule has 0 radical (unpaired) electrons. The molecule has 1 N–H and O–H groups in total. The molecule has 0 aliphatic heterocycles. The van der Waals surface area contributed by atoms with E-state index in [-0.39, 0.29) is 5.91 Å². The summed E-state index contributed by atoms with van der Waals surface area (Å²) in [4.78, 5) is 15.0. The quantitative estimate of drug-likeness (QED) is 0.794. The number of carbonyl (C=O) groups excluding carboxylic acids is 1. The monoisotopic (exact) mass is 330 g/mol. The molecule has 0 aliphatic rings. The molecule has 7 heteroatoms. The van der Waals surface area contributed by atoms with Crippen molar-refractivity contribution in [2.45, 2.75) is 17.0 Å². The molecule has 0 saturated heterocycles. The molecule has 3 aromatic rings. The van der Waals surface area contributed by atoms with Gasteiger partial charge < -0.3 is 9.88 Å². The Morgan fingerprint density at radius 2 is 2.00 bits per heavy atom. The SMILES string of the molecule is Cc1ccc(C(=O)Nc2ccc(Sc3nncn3C)cc2)s1. The highest BCUT2D eigenvalue weighted by atomic mass is 32.2. The number of nitrogens with zero attached hydrogens (tertiary/aromatic N) is 3. The molecular formula is C15H14N4OS2. The van der Waals surface area contributed by atoms with Gasteiger partial charge in [0.15, 0.2) is 5.16 Å². The second-order valence-electron chi connectivity index (χ2n) is 4.72. The van der Waals surface area contributed by atoms with Crippen LogP contribution in [0.5, 0.6) is 0 Å². The third-order valence-electron chi connectivity index (χ3n) is 2.96. The van der Waals surface area contributed by atoms with Crippen molar-refractivity contribution in [1.29, 1.82) is 0 Å². The number of anilines is 1. The molecule has 0 saturated carbocycles. The van der Waals surface area contributed by atoms with E-state index in [2.05, 4.69) is 15.5 Å². The molecule has 112 valence electrons. The Bertz CT molecular complexity index is 792. The number of rotatable bonds is 4. The number of nitrogens with one attached hydrogen (secondary N) is 1. The van der Waals surface area contributed by atoms with Gasteiger partial charge in [-0.15, -0.1) is 21.5 Å². The largest absolute Gasteiger partial charge is 0.321 e. The molecular weight excluding hydrogens is 316 g/mol. The summed E-state index contributed by atoms with van der Waals surface area (Å²) in [6.45, 7) is 1.99. The van der Waals surface area contributed by atoms with Crippen molar-refractivity contribution < 1.29 is 4.79 Å². The number of benzene rings is 1. The Labute approximate surface area is 136 Å². The molecule has 0 aliphatic carbocycles. The Morgan fingerprint density at radius 3 is 2.59 bits per heavy atom. The normalized spacial score (nSPS) is 10.6. The molecule has 0 atom stereocenters. The molecule has 5 nitrogen and oxygen atoms in total. The zero-order valence-corrected chi connectivity index (χ0v) is 13.7. The van der Waals surface area contributed by atoms with Crippen LogP contribution in [0, 0.1) is 6.92 Å². The summed E-state index contributed by atoms with van der Waals surface area (Å²) < 4.78 is 1.86. The third-order valence-corrected chi connectivity index (χ3v) is 5.01. The Balaban J connectivity index is 1.66. The summed E-state index contributed by atoms with van der Waals surface area (Å²) in [5.74, 6) is -0.0770. The number of aromatic nitrogens is 3. The summed E-state index contributed by atoms with van der Waals surface area (Å²) >= 11 is 3.02. The van der Waals surface area contributed by atoms with E-state index >= 15 is 0 Å². The first-order chi connectivity index (χ1) is 10.6. The van der Waals surface area contributed by atoms with E-state index in [9.17, 15) is 4.79 Å². The zero-order chi connectivity index (χ0) is 15.5. The van der Waals surface area contributed by atoms with Gasteiger partial charge in [0.1, 0.15) is 6.33 Å². The van der Waals surface area contributed by atoms with Crippen molar-refractivity contribution in [3.05, 3.63) is 52.5 Å². The topological polar surface area (TPSA) is 59.8 Å². The average Bonchev–Trinajstić information content (AvgIpc) is 3.10. The Kier molecular flexibility index (Phi) is 4.26. The third kappa shape index (κ3) is 3.37. The van der Waals surface area contributed by atoms with Crippen LogP contribution in [-0.2, 0) is 7.05 Å². The minimum atomic E-state index is -0.0770. The van der Waals surface area contributed by atoms with Crippen molar-refractivity contribution in [3.8, 4) is 0 Å². The smallest absolute Gasteiger partial charge is 0.265 e. The van der Waals surface area contributed by atoms with E-state index < -0.39 is 0 Å². The lowest BCUT2D eigenvalue weighted by Crippen LogP contribution is -2.09. The molecule has 1 amide bonds. The van der Waals surface area contributed by atoms with Gasteiger partial charge >= 0.3 is 0 Å². The first-order valence-corrected chi connectivity index (χ1v) is 8.25. The minimum Gasteiger partial charge on any atom is -0.321 e. The number of carbonyl (C=O) groups is 1. The van der Waals surface area contributed by atoms with Crippen LogP contribution < -0.4 is 5.32 Å². The van der Waals surface area contributed by atoms with Gasteiger partial charge in [0.2, 0.25) is 0 Å². The molecule has 1 aromatic carbocycles. The second-order valence-corrected chi connectivity index (χ2v) is 7.04. The van der Waals surface area contributed by atoms with Crippen LogP contribution in [0.2, 0.25) is 0 Å². The summed E-state index contributed by atoms with van der Waals surface area (Å²) in [5, 5.41) is 11.6. The standard InChI is InChI=1S/C15H14N4OS2/c1-10-3-8-13(21-10)14(20)17-11-4-6-12(7-5-11)22-15-18-16-9-19(15)2/h3-9H,1-2H3,(H,17,20). The van der Waals surface area contributed by atoms with E-state index in [1.807, 2.05) is 54.9 Å². The minimum absolute atomic E-state index is 0.0770. The van der Waals surface area contributed by atoms with E-state index in [0.717, 1.165) is 25.5 Å². The highest BCUT2D eigenvalue weighted by Crippen LogP contribution is 2.26. The molecule has 0 unspecified atom stereocenters. The fourth-order valence-electron chi connectivity index (χ4n) is 1.83. The summed E-state index contributed by atoms with van der Waals surface area (Å²) in [5.41, 5.74) is 0.776. The van der Waals surface area contributed by atoms with Crippen molar-refractivity contribution in [2.75, 3.05) is 5.32 Å². The van der Waals surface area contributed by atoms with Gasteiger partial charge in [0.25, 0.3) is 5.91 Å². The van der Waals surface area contributed by atoms with Crippen molar-refractivity contribution in [1.82, 2.24) is 14.8 Å². The number of hydrogen-bond acceptors (Lipinski definition) is 5. The second kappa shape index (κ2) is 6.33. The number of hydrogen-bond donors (Lipinski definition) is 1. The number of amides is 1. The van der Waals surface area contributed by atoms with Gasteiger partial charge in [-0.1, -0.05) is 0 Å². The van der Waals surface area contributed by atoms with Crippen LogP contribution in [0.3, 0.4) is 0 Å². The van der Waals surface area contributed by atoms with Crippen molar-refractivity contribution in [3.63, 3.8) is 0 Å². The van der Waals surface area contributed by atoms with E-state index in [1.165, 1.54) is 23.1 Å². The summed E-state index contributed by atoms with van der Waals surface area (Å²) in [7, 11) is 1.90. The van der Waals surface area contributed by atoms with Crippen LogP contribution in [0.25, 0.3) is 0 Å². The predicted molar refractivity (Wildman–Crippen MR) is 88.6 cm³/mol. The van der Waals surface area contributed by atoms with Gasteiger partial charge in [0, 0.05) is 22.5 Å². The number of aryl methyl sites for hydroxylation is 2. The van der Waals surface area contributed by atoms with Crippen LogP contribution in [0.1, 0.15) is 14.5 Å². The summed E-state index contributed by atoms with van der Waals surface area (Å²) in [6, 6.07) is 11.5. The number of thiophene rings is 1. The first kappa shape index (κ1) is 14.8. The van der Waals surface area contributed by atoms with E-state index in [1.54, 1.807) is 6.33 Å². The van der Waals surface area contributed by atoms with Gasteiger partial charge in [-0.05, 0) is 55.1 Å². The van der Waals surface area contributed by atoms with Gasteiger partial charge in [-0.3, -0.25) is 4.79 Å². The first-order valence-electron chi connectivity index (χ1n) is 6.61. The Hall–Kier alpha value is -2.12. The fourth-order valence-corrected chi connectivity index (χ4v) is 3.35. The lowest BCUT2D eigenvalue weighted by Gasteiger charge is -2.05. The zero-order valence-electron chi connectivity index (χ0n) is 12.1. The molecule has 0 bridgehead atoms. The van der Waals surface area contributed by atoms with Gasteiger partial charge in [-0.25, -0.2) is 0 Å². The fraction of sp³-hybridized carbons (Fsp3) is 0.133. The van der Waals surface area contributed by atoms with Crippen LogP contribution in [0.15, 0.2) is 52.8 Å². The van der Waals surface area contributed by atoms with Gasteiger partial charge in [-0.2, -0.15) is 0 Å². The molecule has 2 aromatic heterocycles. The lowest BCUT2D eigenvalue weighted by atomic mass is 10.3. The lowest BCUT2D eigenvalue weighted by molar-refractivity contribution is 0.103. The van der Waals surface area contributed by atoms with Gasteiger partial charge in [0.05, 0.1) is 4.88 Å². The van der Waals surface area contributed by atoms with Crippen LogP contribution >= 0.6 is 23.1 Å². The van der Waals surface area contributed by atoms with E-state index in [0.29, 0.717) is 0 Å². The predicted octanol–water partition coefficient (Wildman–Crippen LogP) is 3.59. The maximum absolute atomic E-state index is 12.1. The van der Waals surface area contributed by atoms with E-state index in [4.69, 9.17) is 0 Å². The highest BCUT2D eigenvalue weighted by Gasteiger charge is 2.09. The summed E-state index contributed by atoms with van der Waals surface area (Å²) in [6.07, 6.45) is 1.67. The average molecular weight is 330 g/mol. The molecule has 22 heavy (non-hydrogen) atoms. The molecule has 3 rings (SSSR count). The maximum atomic E-state index is 12.1. The van der Waals surface area contributed by atoms with Crippen LogP contribution in [-0.4, -0.2) is 20.7 Å². The Morgan fingerprint density at radius 1 is 1.23 bits per heavy atom.